The molecule has 16 heteroatoms. The number of amides is 2. The topological polar surface area (TPSA) is 152 Å². The van der Waals surface area contributed by atoms with Crippen molar-refractivity contribution in [3.05, 3.63) is 91.5 Å². The molecule has 4 heterocycles. The fourth-order valence-electron chi connectivity index (χ4n) is 7.53. The lowest BCUT2D eigenvalue weighted by molar-refractivity contribution is -0.119. The minimum absolute atomic E-state index is 0.0200. The summed E-state index contributed by atoms with van der Waals surface area (Å²) in [6, 6.07) is 14.5. The van der Waals surface area contributed by atoms with Crippen LogP contribution in [0.4, 0.5) is 4.79 Å². The second kappa shape index (κ2) is 16.2. The van der Waals surface area contributed by atoms with Gasteiger partial charge in [-0.2, -0.15) is 5.10 Å². The molecule has 13 nitrogen and oxygen atoms in total. The SMILES string of the molecule is COc1nc(-c2cccc(-c3cccc(-c4cc5c(=O)n(C)c(CNC6CC(C)(O)C6)nn5c4)c3Cl)c2Cl)cc(Cl)c1CN(C[C@@H]1CCC(=O)N1)C(=O)OC(C)(C)C. The van der Waals surface area contributed by atoms with Crippen molar-refractivity contribution in [1.82, 2.24) is 34.7 Å². The molecule has 0 bridgehead atoms. The third-order valence-corrected chi connectivity index (χ3v) is 11.6. The highest BCUT2D eigenvalue weighted by atomic mass is 35.5. The van der Waals surface area contributed by atoms with Crippen molar-refractivity contribution in [3.8, 4) is 39.4 Å². The Morgan fingerprint density at radius 3 is 2.33 bits per heavy atom. The van der Waals surface area contributed by atoms with Crippen LogP contribution in [0.1, 0.15) is 64.8 Å². The third-order valence-electron chi connectivity index (χ3n) is 10.5. The highest BCUT2D eigenvalue weighted by Gasteiger charge is 2.38. The number of rotatable bonds is 11. The number of halogens is 3. The molecule has 1 saturated carbocycles. The molecule has 306 valence electrons. The van der Waals surface area contributed by atoms with Gasteiger partial charge in [0.2, 0.25) is 11.8 Å². The molecule has 1 aliphatic carbocycles. The number of hydrogen-bond acceptors (Lipinski definition) is 9. The van der Waals surface area contributed by atoms with Crippen LogP contribution < -0.4 is 20.9 Å². The summed E-state index contributed by atoms with van der Waals surface area (Å²) in [4.78, 5) is 45.1. The summed E-state index contributed by atoms with van der Waals surface area (Å²) in [5, 5.41) is 22.2. The minimum atomic E-state index is -0.747. The third kappa shape index (κ3) is 8.69. The maximum absolute atomic E-state index is 13.4. The van der Waals surface area contributed by atoms with Crippen molar-refractivity contribution >= 4 is 52.3 Å². The summed E-state index contributed by atoms with van der Waals surface area (Å²) in [7, 11) is 3.17. The first-order chi connectivity index (χ1) is 27.4. The van der Waals surface area contributed by atoms with Crippen molar-refractivity contribution in [2.75, 3.05) is 13.7 Å². The van der Waals surface area contributed by atoms with E-state index >= 15 is 0 Å². The van der Waals surface area contributed by atoms with E-state index in [0.29, 0.717) is 97.7 Å². The van der Waals surface area contributed by atoms with Gasteiger partial charge in [-0.15, -0.1) is 0 Å². The zero-order chi connectivity index (χ0) is 41.7. The van der Waals surface area contributed by atoms with Gasteiger partial charge in [0.1, 0.15) is 16.9 Å². The number of carbonyl (C=O) groups excluding carboxylic acids is 2. The molecule has 0 radical (unpaired) electrons. The van der Waals surface area contributed by atoms with Crippen LogP contribution in [0.25, 0.3) is 39.0 Å². The number of pyridine rings is 1. The molecule has 3 aromatic heterocycles. The first kappa shape index (κ1) is 41.5. The monoisotopic (exact) mass is 849 g/mol. The molecule has 0 spiro atoms. The highest BCUT2D eigenvalue weighted by Crippen LogP contribution is 2.43. The summed E-state index contributed by atoms with van der Waals surface area (Å²) in [6.45, 7) is 7.78. The molecule has 2 fully saturated rings. The van der Waals surface area contributed by atoms with Gasteiger partial charge in [0.15, 0.2) is 0 Å². The predicted octanol–water partition coefficient (Wildman–Crippen LogP) is 7.42. The Kier molecular flexibility index (Phi) is 11.6. The molecule has 1 aliphatic heterocycles. The zero-order valence-electron chi connectivity index (χ0n) is 33.2. The standard InChI is InChI=1S/C42H46Cl3N7O6/c1-41(2,3)58-40(55)51(21-24-13-14-35(53)47-24)22-30-31(43)16-32(48-38(30)57-6)29-12-8-11-28(37(29)45)27-10-7-9-26(36(27)44)23-15-33-39(54)50(5)34(49-52(33)20-23)19-46-25-17-42(4,56)18-25/h7-12,15-16,20,24-25,46,56H,13-14,17-19,21-22H2,1-6H3,(H,47,53)/t24-,25?,42?/m0/s1. The largest absolute Gasteiger partial charge is 0.481 e. The van der Waals surface area contributed by atoms with Crippen LogP contribution in [0.2, 0.25) is 15.1 Å². The smallest absolute Gasteiger partial charge is 0.410 e. The van der Waals surface area contributed by atoms with E-state index in [1.54, 1.807) is 50.7 Å². The van der Waals surface area contributed by atoms with E-state index < -0.39 is 17.3 Å². The van der Waals surface area contributed by atoms with Crippen LogP contribution in [0, 0.1) is 0 Å². The second-order valence-corrected chi connectivity index (χ2v) is 17.5. The summed E-state index contributed by atoms with van der Waals surface area (Å²) in [5.74, 6) is 0.696. The van der Waals surface area contributed by atoms with E-state index in [2.05, 4.69) is 10.6 Å². The number of aliphatic hydroxyl groups is 1. The van der Waals surface area contributed by atoms with Gasteiger partial charge in [0.05, 0.1) is 52.1 Å². The fourth-order valence-corrected chi connectivity index (χ4v) is 8.43. The van der Waals surface area contributed by atoms with Crippen LogP contribution in [-0.4, -0.2) is 78.1 Å². The van der Waals surface area contributed by atoms with Crippen LogP contribution >= 0.6 is 34.8 Å². The van der Waals surface area contributed by atoms with E-state index in [-0.39, 0.29) is 42.5 Å². The van der Waals surface area contributed by atoms with E-state index in [4.69, 9.17) is 54.4 Å². The predicted molar refractivity (Wildman–Crippen MR) is 224 cm³/mol. The van der Waals surface area contributed by atoms with Crippen LogP contribution in [0.5, 0.6) is 5.88 Å². The molecule has 7 rings (SSSR count). The van der Waals surface area contributed by atoms with Gasteiger partial charge in [-0.1, -0.05) is 71.2 Å². The van der Waals surface area contributed by atoms with Crippen molar-refractivity contribution in [3.63, 3.8) is 0 Å². The number of fused-ring (bicyclic) bond motifs is 1. The molecular weight excluding hydrogens is 805 g/mol. The molecule has 2 amide bonds. The van der Waals surface area contributed by atoms with Crippen molar-refractivity contribution in [2.45, 2.75) is 89.8 Å². The van der Waals surface area contributed by atoms with Gasteiger partial charge in [0, 0.05) is 66.1 Å². The minimum Gasteiger partial charge on any atom is -0.481 e. The molecule has 58 heavy (non-hydrogen) atoms. The van der Waals surface area contributed by atoms with Gasteiger partial charge in [-0.3, -0.25) is 14.2 Å². The number of ether oxygens (including phenoxy) is 2. The lowest BCUT2D eigenvalue weighted by atomic mass is 9.77. The maximum Gasteiger partial charge on any atom is 0.410 e. The molecule has 1 saturated heterocycles. The van der Waals surface area contributed by atoms with Gasteiger partial charge in [-0.05, 0) is 59.1 Å². The average Bonchev–Trinajstić information content (AvgIpc) is 3.77. The Bertz CT molecular complexity index is 2470. The molecule has 1 atom stereocenters. The Morgan fingerprint density at radius 2 is 1.71 bits per heavy atom. The lowest BCUT2D eigenvalue weighted by Crippen LogP contribution is -2.51. The highest BCUT2D eigenvalue weighted by molar-refractivity contribution is 6.39. The molecule has 0 unspecified atom stereocenters. The van der Waals surface area contributed by atoms with E-state index in [9.17, 15) is 19.5 Å². The molecule has 2 aliphatic rings. The molecular formula is C42H46Cl3N7O6. The Morgan fingerprint density at radius 1 is 1.05 bits per heavy atom. The van der Waals surface area contributed by atoms with E-state index in [1.165, 1.54) is 16.6 Å². The lowest BCUT2D eigenvalue weighted by Gasteiger charge is -2.41. The molecule has 5 aromatic rings. The first-order valence-electron chi connectivity index (χ1n) is 19.0. The summed E-state index contributed by atoms with van der Waals surface area (Å²) >= 11 is 21.3. The quantitative estimate of drug-likeness (QED) is 0.123. The van der Waals surface area contributed by atoms with Crippen molar-refractivity contribution in [1.29, 1.82) is 0 Å². The van der Waals surface area contributed by atoms with Crippen molar-refractivity contribution in [2.24, 2.45) is 7.05 Å². The summed E-state index contributed by atoms with van der Waals surface area (Å²) in [5.41, 5.74) is 2.94. The number of carbonyl (C=O) groups is 2. The number of methoxy groups -OCH3 is 1. The number of nitrogens with one attached hydrogen (secondary N) is 2. The first-order valence-corrected chi connectivity index (χ1v) is 20.2. The maximum atomic E-state index is 13.4. The van der Waals surface area contributed by atoms with Gasteiger partial charge in [-0.25, -0.2) is 14.3 Å². The number of nitrogens with zero attached hydrogens (tertiary/aromatic N) is 5. The molecule has 2 aromatic carbocycles. The van der Waals surface area contributed by atoms with Gasteiger partial charge >= 0.3 is 6.09 Å². The van der Waals surface area contributed by atoms with Gasteiger partial charge in [0.25, 0.3) is 5.56 Å². The average molecular weight is 851 g/mol. The van der Waals surface area contributed by atoms with Crippen LogP contribution in [0.3, 0.4) is 0 Å². The molecule has 3 N–H and O–H groups in total. The summed E-state index contributed by atoms with van der Waals surface area (Å²) in [6.07, 6.45) is 3.49. The number of benzene rings is 2. The normalized spacial score (nSPS) is 19.2. The second-order valence-electron chi connectivity index (χ2n) is 16.3. The summed E-state index contributed by atoms with van der Waals surface area (Å²) < 4.78 is 14.5. The zero-order valence-corrected chi connectivity index (χ0v) is 35.4. The van der Waals surface area contributed by atoms with E-state index in [1.807, 2.05) is 43.3 Å². The van der Waals surface area contributed by atoms with Crippen LogP contribution in [-0.2, 0) is 29.7 Å². The van der Waals surface area contributed by atoms with E-state index in [0.717, 1.165) is 0 Å². The Balaban J connectivity index is 1.18. The number of aromatic nitrogens is 4. The Hall–Kier alpha value is -4.66. The fraction of sp³-hybridized carbons (Fsp3) is 0.405. The van der Waals surface area contributed by atoms with Crippen LogP contribution in [0.15, 0.2) is 59.5 Å². The van der Waals surface area contributed by atoms with Crippen molar-refractivity contribution < 1.29 is 24.2 Å². The Labute approximate surface area is 351 Å². The van der Waals surface area contributed by atoms with Gasteiger partial charge < -0.3 is 30.1 Å². The number of hydrogen-bond donors (Lipinski definition) is 3.